The average Bonchev–Trinajstić information content (AvgIpc) is 2.77. The van der Waals surface area contributed by atoms with Crippen LogP contribution >= 0.6 is 11.8 Å². The van der Waals surface area contributed by atoms with Crippen LogP contribution in [0, 0.1) is 0 Å². The Hall–Kier alpha value is -1.59. The summed E-state index contributed by atoms with van der Waals surface area (Å²) in [4.78, 5) is 0. The summed E-state index contributed by atoms with van der Waals surface area (Å²) in [6.07, 6.45) is 4.17. The van der Waals surface area contributed by atoms with E-state index < -0.39 is 0 Å². The number of benzene rings is 1. The lowest BCUT2D eigenvalue weighted by Gasteiger charge is -1.99. The van der Waals surface area contributed by atoms with Gasteiger partial charge < -0.3 is 9.67 Å². The summed E-state index contributed by atoms with van der Waals surface area (Å²) in [5, 5.41) is 17.7. The molecule has 1 aromatic heterocycles. The summed E-state index contributed by atoms with van der Waals surface area (Å²) < 4.78 is 1.81. The Morgan fingerprint density at radius 3 is 2.72 bits per heavy atom. The van der Waals surface area contributed by atoms with Gasteiger partial charge in [-0.2, -0.15) is 0 Å². The van der Waals surface area contributed by atoms with Crippen molar-refractivity contribution in [2.75, 3.05) is 5.75 Å². The van der Waals surface area contributed by atoms with Gasteiger partial charge in [-0.25, -0.2) is 0 Å². The number of nitrogens with zero attached hydrogens (tertiary/aromatic N) is 3. The molecule has 2 rings (SSSR count). The van der Waals surface area contributed by atoms with E-state index in [9.17, 15) is 0 Å². The highest BCUT2D eigenvalue weighted by atomic mass is 32.2. The predicted octanol–water partition coefficient (Wildman–Crippen LogP) is 2.11. The minimum atomic E-state index is -0.0794. The van der Waals surface area contributed by atoms with E-state index in [2.05, 4.69) is 34.5 Å². The molecule has 4 nitrogen and oxygen atoms in total. The highest BCUT2D eigenvalue weighted by Crippen LogP contribution is 2.16. The first-order valence-electron chi connectivity index (χ1n) is 5.65. The molecule has 0 aliphatic carbocycles. The molecule has 0 bridgehead atoms. The Bertz CT molecular complexity index is 522. The fourth-order valence-corrected chi connectivity index (χ4v) is 2.22. The Morgan fingerprint density at radius 2 is 2.06 bits per heavy atom. The zero-order chi connectivity index (χ0) is 12.8. The fourth-order valence-electron chi connectivity index (χ4n) is 1.48. The number of aliphatic hydroxyl groups is 1. The first-order valence-corrected chi connectivity index (χ1v) is 6.63. The van der Waals surface area contributed by atoms with Crippen molar-refractivity contribution in [2.24, 2.45) is 7.05 Å². The molecule has 0 aliphatic heterocycles. The lowest BCUT2D eigenvalue weighted by atomic mass is 10.2. The summed E-state index contributed by atoms with van der Waals surface area (Å²) >= 11 is 1.59. The van der Waals surface area contributed by atoms with Gasteiger partial charge in [0.2, 0.25) is 0 Å². The largest absolute Gasteiger partial charge is 0.388 e. The molecule has 94 valence electrons. The van der Waals surface area contributed by atoms with Gasteiger partial charge in [0, 0.05) is 12.8 Å². The highest BCUT2D eigenvalue weighted by molar-refractivity contribution is 7.99. The Balaban J connectivity index is 1.89. The fraction of sp³-hybridized carbons (Fsp3) is 0.231. The molecular formula is C13H15N3OS. The lowest BCUT2D eigenvalue weighted by Crippen LogP contribution is -1.98. The molecule has 0 saturated heterocycles. The molecule has 2 aromatic rings. The monoisotopic (exact) mass is 261 g/mol. The second-order valence-electron chi connectivity index (χ2n) is 3.74. The Morgan fingerprint density at radius 1 is 1.28 bits per heavy atom. The van der Waals surface area contributed by atoms with E-state index in [0.717, 1.165) is 10.9 Å². The maximum Gasteiger partial charge on any atom is 0.191 e. The third-order valence-corrected chi connectivity index (χ3v) is 3.46. The molecule has 0 unspecified atom stereocenters. The van der Waals surface area contributed by atoms with Crippen molar-refractivity contribution >= 4 is 17.8 Å². The van der Waals surface area contributed by atoms with E-state index in [1.165, 1.54) is 5.56 Å². The first kappa shape index (κ1) is 12.9. The highest BCUT2D eigenvalue weighted by Gasteiger charge is 2.06. The van der Waals surface area contributed by atoms with Crippen LogP contribution < -0.4 is 0 Å². The SMILES string of the molecule is Cn1c(CO)nnc1SC/C=C/c1ccccc1. The molecule has 0 atom stereocenters. The van der Waals surface area contributed by atoms with E-state index in [0.29, 0.717) is 5.82 Å². The Labute approximate surface area is 110 Å². The van der Waals surface area contributed by atoms with Gasteiger partial charge in [0.25, 0.3) is 0 Å². The standard InChI is InChI=1S/C13H15N3OS/c1-16-12(10-17)14-15-13(16)18-9-5-8-11-6-3-2-4-7-11/h2-8,17H,9-10H2,1H3/b8-5+. The molecule has 0 fully saturated rings. The van der Waals surface area contributed by atoms with Crippen molar-refractivity contribution in [3.63, 3.8) is 0 Å². The van der Waals surface area contributed by atoms with E-state index in [-0.39, 0.29) is 6.61 Å². The normalized spacial score (nSPS) is 11.2. The zero-order valence-electron chi connectivity index (χ0n) is 10.2. The summed E-state index contributed by atoms with van der Waals surface area (Å²) in [5.41, 5.74) is 1.19. The van der Waals surface area contributed by atoms with Crippen LogP contribution in [0.25, 0.3) is 6.08 Å². The second kappa shape index (κ2) is 6.37. The van der Waals surface area contributed by atoms with Crippen LogP contribution in [0.3, 0.4) is 0 Å². The molecule has 0 spiro atoms. The molecular weight excluding hydrogens is 246 g/mol. The number of thioether (sulfide) groups is 1. The van der Waals surface area contributed by atoms with Crippen LogP contribution in [0.1, 0.15) is 11.4 Å². The maximum absolute atomic E-state index is 9.01. The molecule has 18 heavy (non-hydrogen) atoms. The molecule has 1 heterocycles. The third-order valence-electron chi connectivity index (χ3n) is 2.49. The minimum Gasteiger partial charge on any atom is -0.388 e. The van der Waals surface area contributed by atoms with Gasteiger partial charge in [-0.15, -0.1) is 10.2 Å². The topological polar surface area (TPSA) is 50.9 Å². The van der Waals surface area contributed by atoms with Crippen molar-refractivity contribution in [1.82, 2.24) is 14.8 Å². The average molecular weight is 261 g/mol. The van der Waals surface area contributed by atoms with E-state index in [1.54, 1.807) is 16.3 Å². The van der Waals surface area contributed by atoms with Crippen LogP contribution in [0.15, 0.2) is 41.6 Å². The van der Waals surface area contributed by atoms with Crippen LogP contribution in [0.5, 0.6) is 0 Å². The molecule has 0 radical (unpaired) electrons. The van der Waals surface area contributed by atoms with E-state index in [4.69, 9.17) is 5.11 Å². The number of hydrogen-bond acceptors (Lipinski definition) is 4. The molecule has 0 aliphatic rings. The van der Waals surface area contributed by atoms with Gasteiger partial charge in [-0.1, -0.05) is 54.2 Å². The van der Waals surface area contributed by atoms with Gasteiger partial charge in [-0.05, 0) is 5.56 Å². The van der Waals surface area contributed by atoms with Crippen LogP contribution in [0.2, 0.25) is 0 Å². The number of aliphatic hydroxyl groups excluding tert-OH is 1. The van der Waals surface area contributed by atoms with Gasteiger partial charge in [0.05, 0.1) is 0 Å². The summed E-state index contributed by atoms with van der Waals surface area (Å²) in [6.45, 7) is -0.0794. The van der Waals surface area contributed by atoms with E-state index >= 15 is 0 Å². The van der Waals surface area contributed by atoms with Crippen molar-refractivity contribution in [1.29, 1.82) is 0 Å². The van der Waals surface area contributed by atoms with Gasteiger partial charge in [0.1, 0.15) is 6.61 Å². The molecule has 0 saturated carbocycles. The van der Waals surface area contributed by atoms with Crippen LogP contribution in [-0.4, -0.2) is 25.6 Å². The maximum atomic E-state index is 9.01. The van der Waals surface area contributed by atoms with Crippen molar-refractivity contribution < 1.29 is 5.11 Å². The molecule has 5 heteroatoms. The zero-order valence-corrected chi connectivity index (χ0v) is 11.0. The second-order valence-corrected chi connectivity index (χ2v) is 4.73. The molecule has 1 aromatic carbocycles. The number of aromatic nitrogens is 3. The number of rotatable bonds is 5. The quantitative estimate of drug-likeness (QED) is 0.838. The minimum absolute atomic E-state index is 0.0794. The summed E-state index contributed by atoms with van der Waals surface area (Å²) in [7, 11) is 1.86. The molecule has 0 amide bonds. The Kier molecular flexibility index (Phi) is 4.55. The van der Waals surface area contributed by atoms with E-state index in [1.807, 2.05) is 25.2 Å². The summed E-state index contributed by atoms with van der Waals surface area (Å²) in [6, 6.07) is 10.2. The van der Waals surface area contributed by atoms with Gasteiger partial charge in [0.15, 0.2) is 11.0 Å². The van der Waals surface area contributed by atoms with Gasteiger partial charge >= 0.3 is 0 Å². The van der Waals surface area contributed by atoms with Crippen LogP contribution in [0.4, 0.5) is 0 Å². The molecule has 1 N–H and O–H groups in total. The summed E-state index contributed by atoms with van der Waals surface area (Å²) in [5.74, 6) is 1.41. The van der Waals surface area contributed by atoms with Crippen molar-refractivity contribution in [2.45, 2.75) is 11.8 Å². The van der Waals surface area contributed by atoms with Crippen molar-refractivity contribution in [3.05, 3.63) is 47.8 Å². The third kappa shape index (κ3) is 3.21. The lowest BCUT2D eigenvalue weighted by molar-refractivity contribution is 0.266. The van der Waals surface area contributed by atoms with Gasteiger partial charge in [-0.3, -0.25) is 0 Å². The number of hydrogen-bond donors (Lipinski definition) is 1. The predicted molar refractivity (Wildman–Crippen MR) is 73.1 cm³/mol. The van der Waals surface area contributed by atoms with Crippen molar-refractivity contribution in [3.8, 4) is 0 Å². The smallest absolute Gasteiger partial charge is 0.191 e. The first-order chi connectivity index (χ1) is 8.81. The van der Waals surface area contributed by atoms with Crippen LogP contribution in [-0.2, 0) is 13.7 Å².